The SMILES string of the molecule is CCCNC(=O)CNc1nccc2ccccc12. The average Bonchev–Trinajstić information content (AvgIpc) is 2.42. The van der Waals surface area contributed by atoms with Crippen LogP contribution in [-0.2, 0) is 4.79 Å². The lowest BCUT2D eigenvalue weighted by molar-refractivity contribution is -0.119. The van der Waals surface area contributed by atoms with Crippen LogP contribution >= 0.6 is 0 Å². The topological polar surface area (TPSA) is 54.0 Å². The molecule has 2 rings (SSSR count). The molecule has 0 saturated carbocycles. The van der Waals surface area contributed by atoms with Crippen molar-refractivity contribution in [3.05, 3.63) is 36.5 Å². The highest BCUT2D eigenvalue weighted by atomic mass is 16.1. The van der Waals surface area contributed by atoms with E-state index in [1.54, 1.807) is 6.20 Å². The fourth-order valence-electron chi connectivity index (χ4n) is 1.75. The maximum atomic E-state index is 11.5. The molecule has 0 fully saturated rings. The Kier molecular flexibility index (Phi) is 4.12. The van der Waals surface area contributed by atoms with Gasteiger partial charge >= 0.3 is 0 Å². The van der Waals surface area contributed by atoms with Crippen LogP contribution in [0.25, 0.3) is 10.8 Å². The molecular weight excluding hydrogens is 226 g/mol. The predicted octanol–water partition coefficient (Wildman–Crippen LogP) is 2.17. The van der Waals surface area contributed by atoms with Gasteiger partial charge in [0.2, 0.25) is 5.91 Å². The number of carbonyl (C=O) groups excluding carboxylic acids is 1. The van der Waals surface area contributed by atoms with E-state index in [0.717, 1.165) is 23.0 Å². The highest BCUT2D eigenvalue weighted by molar-refractivity contribution is 5.93. The normalized spacial score (nSPS) is 10.3. The van der Waals surface area contributed by atoms with E-state index in [4.69, 9.17) is 0 Å². The minimum Gasteiger partial charge on any atom is -0.360 e. The maximum absolute atomic E-state index is 11.5. The number of fused-ring (bicyclic) bond motifs is 1. The molecule has 0 atom stereocenters. The van der Waals surface area contributed by atoms with Gasteiger partial charge in [0.25, 0.3) is 0 Å². The number of nitrogens with zero attached hydrogens (tertiary/aromatic N) is 1. The first kappa shape index (κ1) is 12.4. The summed E-state index contributed by atoms with van der Waals surface area (Å²) in [7, 11) is 0. The molecule has 0 aliphatic carbocycles. The fourth-order valence-corrected chi connectivity index (χ4v) is 1.75. The third-order valence-electron chi connectivity index (χ3n) is 2.66. The molecule has 0 aliphatic heterocycles. The Morgan fingerprint density at radius 3 is 2.94 bits per heavy atom. The lowest BCUT2D eigenvalue weighted by Crippen LogP contribution is -2.30. The quantitative estimate of drug-likeness (QED) is 0.846. The summed E-state index contributed by atoms with van der Waals surface area (Å²) < 4.78 is 0. The van der Waals surface area contributed by atoms with Gasteiger partial charge in [-0.05, 0) is 17.9 Å². The molecule has 1 heterocycles. The molecule has 94 valence electrons. The zero-order chi connectivity index (χ0) is 12.8. The highest BCUT2D eigenvalue weighted by Crippen LogP contribution is 2.19. The number of nitrogens with one attached hydrogen (secondary N) is 2. The molecule has 4 nitrogen and oxygen atoms in total. The molecule has 0 saturated heterocycles. The van der Waals surface area contributed by atoms with E-state index in [0.29, 0.717) is 6.54 Å². The van der Waals surface area contributed by atoms with Gasteiger partial charge in [-0.2, -0.15) is 0 Å². The third kappa shape index (κ3) is 2.97. The molecule has 0 spiro atoms. The number of hydrogen-bond acceptors (Lipinski definition) is 3. The number of pyridine rings is 1. The number of hydrogen-bond donors (Lipinski definition) is 2. The van der Waals surface area contributed by atoms with Gasteiger partial charge in [-0.25, -0.2) is 4.98 Å². The zero-order valence-corrected chi connectivity index (χ0v) is 10.4. The Hall–Kier alpha value is -2.10. The number of benzene rings is 1. The van der Waals surface area contributed by atoms with E-state index >= 15 is 0 Å². The van der Waals surface area contributed by atoms with Gasteiger partial charge in [0.05, 0.1) is 6.54 Å². The van der Waals surface area contributed by atoms with Crippen LogP contribution in [0.4, 0.5) is 5.82 Å². The monoisotopic (exact) mass is 243 g/mol. The van der Waals surface area contributed by atoms with Gasteiger partial charge in [-0.3, -0.25) is 4.79 Å². The molecule has 0 unspecified atom stereocenters. The number of rotatable bonds is 5. The maximum Gasteiger partial charge on any atom is 0.239 e. The van der Waals surface area contributed by atoms with Crippen LogP contribution in [0.2, 0.25) is 0 Å². The first-order valence-electron chi connectivity index (χ1n) is 6.15. The summed E-state index contributed by atoms with van der Waals surface area (Å²) in [5.74, 6) is 0.742. The van der Waals surface area contributed by atoms with Crippen LogP contribution in [0.5, 0.6) is 0 Å². The molecule has 0 radical (unpaired) electrons. The van der Waals surface area contributed by atoms with Gasteiger partial charge in [0.15, 0.2) is 0 Å². The Morgan fingerprint density at radius 1 is 1.28 bits per heavy atom. The minimum atomic E-state index is -0.00779. The van der Waals surface area contributed by atoms with E-state index < -0.39 is 0 Å². The smallest absolute Gasteiger partial charge is 0.239 e. The standard InChI is InChI=1S/C14H17N3O/c1-2-8-15-13(18)10-17-14-12-6-4-3-5-11(12)7-9-16-14/h3-7,9H,2,8,10H2,1H3,(H,15,18)(H,16,17). The molecule has 1 aromatic carbocycles. The van der Waals surface area contributed by atoms with Crippen molar-refractivity contribution in [3.63, 3.8) is 0 Å². The van der Waals surface area contributed by atoms with Gasteiger partial charge in [-0.15, -0.1) is 0 Å². The Morgan fingerprint density at radius 2 is 2.11 bits per heavy atom. The molecule has 1 amide bonds. The summed E-state index contributed by atoms with van der Waals surface area (Å²) in [4.78, 5) is 15.8. The van der Waals surface area contributed by atoms with Crippen LogP contribution in [0, 0.1) is 0 Å². The largest absolute Gasteiger partial charge is 0.360 e. The Bertz CT molecular complexity index is 534. The molecule has 18 heavy (non-hydrogen) atoms. The van der Waals surface area contributed by atoms with Crippen molar-refractivity contribution in [1.82, 2.24) is 10.3 Å². The van der Waals surface area contributed by atoms with E-state index in [1.165, 1.54) is 0 Å². The predicted molar refractivity (Wildman–Crippen MR) is 73.5 cm³/mol. The van der Waals surface area contributed by atoms with E-state index in [9.17, 15) is 4.79 Å². The molecule has 2 aromatic rings. The van der Waals surface area contributed by atoms with Crippen molar-refractivity contribution in [3.8, 4) is 0 Å². The van der Waals surface area contributed by atoms with Crippen LogP contribution in [0.15, 0.2) is 36.5 Å². The van der Waals surface area contributed by atoms with E-state index in [2.05, 4.69) is 15.6 Å². The van der Waals surface area contributed by atoms with Gasteiger partial charge in [0, 0.05) is 18.1 Å². The summed E-state index contributed by atoms with van der Waals surface area (Å²) in [6.07, 6.45) is 2.69. The lowest BCUT2D eigenvalue weighted by Gasteiger charge is -2.08. The number of carbonyl (C=O) groups is 1. The van der Waals surface area contributed by atoms with Crippen LogP contribution < -0.4 is 10.6 Å². The third-order valence-corrected chi connectivity index (χ3v) is 2.66. The van der Waals surface area contributed by atoms with Crippen molar-refractivity contribution < 1.29 is 4.79 Å². The molecule has 0 bridgehead atoms. The number of anilines is 1. The van der Waals surface area contributed by atoms with Crippen LogP contribution in [0.1, 0.15) is 13.3 Å². The Labute approximate surface area is 106 Å². The molecule has 2 N–H and O–H groups in total. The summed E-state index contributed by atoms with van der Waals surface area (Å²) in [5.41, 5.74) is 0. The second-order valence-corrected chi connectivity index (χ2v) is 4.08. The summed E-state index contributed by atoms with van der Waals surface area (Å²) >= 11 is 0. The van der Waals surface area contributed by atoms with Gasteiger partial charge < -0.3 is 10.6 Å². The lowest BCUT2D eigenvalue weighted by atomic mass is 10.1. The second-order valence-electron chi connectivity index (χ2n) is 4.08. The fraction of sp³-hybridized carbons (Fsp3) is 0.286. The molecule has 0 aliphatic rings. The van der Waals surface area contributed by atoms with Crippen molar-refractivity contribution in [2.45, 2.75) is 13.3 Å². The minimum absolute atomic E-state index is 0.00779. The van der Waals surface area contributed by atoms with Crippen LogP contribution in [-0.4, -0.2) is 24.0 Å². The van der Waals surface area contributed by atoms with Crippen molar-refractivity contribution >= 4 is 22.5 Å². The first-order chi connectivity index (χ1) is 8.81. The van der Waals surface area contributed by atoms with Crippen molar-refractivity contribution in [2.24, 2.45) is 0 Å². The van der Waals surface area contributed by atoms with E-state index in [1.807, 2.05) is 37.3 Å². The van der Waals surface area contributed by atoms with Gasteiger partial charge in [0.1, 0.15) is 5.82 Å². The first-order valence-corrected chi connectivity index (χ1v) is 6.15. The van der Waals surface area contributed by atoms with E-state index in [-0.39, 0.29) is 12.5 Å². The highest BCUT2D eigenvalue weighted by Gasteiger charge is 2.03. The summed E-state index contributed by atoms with van der Waals surface area (Å²) in [6.45, 7) is 2.99. The number of aromatic nitrogens is 1. The molecular formula is C14H17N3O. The van der Waals surface area contributed by atoms with Crippen molar-refractivity contribution in [2.75, 3.05) is 18.4 Å². The Balaban J connectivity index is 2.05. The number of amides is 1. The average molecular weight is 243 g/mol. The van der Waals surface area contributed by atoms with Gasteiger partial charge in [-0.1, -0.05) is 31.2 Å². The van der Waals surface area contributed by atoms with Crippen molar-refractivity contribution in [1.29, 1.82) is 0 Å². The molecule has 4 heteroatoms. The summed E-state index contributed by atoms with van der Waals surface area (Å²) in [5, 5.41) is 8.04. The zero-order valence-electron chi connectivity index (χ0n) is 10.4. The molecule has 1 aromatic heterocycles. The summed E-state index contributed by atoms with van der Waals surface area (Å²) in [6, 6.07) is 9.93. The second kappa shape index (κ2) is 6.00. The van der Waals surface area contributed by atoms with Crippen LogP contribution in [0.3, 0.4) is 0 Å².